The van der Waals surface area contributed by atoms with Crippen LogP contribution in [0.2, 0.25) is 0 Å². The van der Waals surface area contributed by atoms with Gasteiger partial charge in [0.2, 0.25) is 0 Å². The summed E-state index contributed by atoms with van der Waals surface area (Å²) in [7, 11) is 2.08. The summed E-state index contributed by atoms with van der Waals surface area (Å²) in [4.78, 5) is 26.3. The SMILES string of the molecule is CC(C)[C@H](CC(=O)Oc1ccc2c3c1O[C@H]1C[C@@H](O)C=C[C@@]31CCN(C)C2)C(=O)O. The molecule has 4 rings (SSSR count). The molecule has 1 spiro atoms. The first kappa shape index (κ1) is 20.9. The normalized spacial score (nSPS) is 28.3. The van der Waals surface area contributed by atoms with Crippen LogP contribution in [-0.2, 0) is 21.5 Å². The molecule has 2 N–H and O–H groups in total. The maximum Gasteiger partial charge on any atom is 0.312 e. The average Bonchev–Trinajstić information content (AvgIpc) is 2.93. The maximum atomic E-state index is 12.6. The smallest absolute Gasteiger partial charge is 0.312 e. The van der Waals surface area contributed by atoms with Crippen LogP contribution in [0.3, 0.4) is 0 Å². The highest BCUT2D eigenvalue weighted by Gasteiger charge is 2.52. The van der Waals surface area contributed by atoms with Gasteiger partial charge in [-0.1, -0.05) is 32.1 Å². The second-order valence-corrected chi connectivity index (χ2v) is 9.09. The molecule has 0 aromatic heterocycles. The molecule has 0 saturated carbocycles. The minimum atomic E-state index is -1.00. The van der Waals surface area contributed by atoms with Crippen molar-refractivity contribution in [1.29, 1.82) is 0 Å². The van der Waals surface area contributed by atoms with Gasteiger partial charge in [0, 0.05) is 18.5 Å². The van der Waals surface area contributed by atoms with Gasteiger partial charge in [-0.05, 0) is 37.6 Å². The van der Waals surface area contributed by atoms with Crippen LogP contribution >= 0.6 is 0 Å². The van der Waals surface area contributed by atoms with E-state index < -0.39 is 24.0 Å². The number of nitrogens with zero attached hydrogens (tertiary/aromatic N) is 1. The summed E-state index contributed by atoms with van der Waals surface area (Å²) in [6.45, 7) is 5.21. The molecule has 1 aromatic carbocycles. The van der Waals surface area contributed by atoms with Crippen molar-refractivity contribution in [2.24, 2.45) is 11.8 Å². The van der Waals surface area contributed by atoms with Crippen LogP contribution in [0.15, 0.2) is 24.3 Å². The highest BCUT2D eigenvalue weighted by atomic mass is 16.6. The topological polar surface area (TPSA) is 96.3 Å². The molecule has 0 radical (unpaired) electrons. The van der Waals surface area contributed by atoms with E-state index in [0.29, 0.717) is 17.9 Å². The van der Waals surface area contributed by atoms with E-state index in [1.807, 2.05) is 12.1 Å². The van der Waals surface area contributed by atoms with E-state index in [4.69, 9.17) is 9.47 Å². The number of hydrogen-bond donors (Lipinski definition) is 2. The molecule has 162 valence electrons. The number of aliphatic hydroxyl groups is 1. The van der Waals surface area contributed by atoms with Gasteiger partial charge in [-0.15, -0.1) is 0 Å². The highest BCUT2D eigenvalue weighted by molar-refractivity contribution is 5.81. The van der Waals surface area contributed by atoms with Crippen molar-refractivity contribution in [2.75, 3.05) is 13.6 Å². The Labute approximate surface area is 176 Å². The fourth-order valence-electron chi connectivity index (χ4n) is 4.95. The van der Waals surface area contributed by atoms with E-state index in [-0.39, 0.29) is 23.9 Å². The third-order valence-corrected chi connectivity index (χ3v) is 6.66. The number of hydrogen-bond acceptors (Lipinski definition) is 6. The third-order valence-electron chi connectivity index (χ3n) is 6.66. The molecule has 0 amide bonds. The summed E-state index contributed by atoms with van der Waals surface area (Å²) in [5.74, 6) is -1.68. The van der Waals surface area contributed by atoms with Crippen LogP contribution in [-0.4, -0.2) is 52.9 Å². The van der Waals surface area contributed by atoms with Gasteiger partial charge < -0.3 is 24.6 Å². The van der Waals surface area contributed by atoms with Gasteiger partial charge in [-0.2, -0.15) is 0 Å². The van der Waals surface area contributed by atoms with E-state index in [1.165, 1.54) is 0 Å². The first-order chi connectivity index (χ1) is 14.2. The van der Waals surface area contributed by atoms with E-state index in [2.05, 4.69) is 18.0 Å². The van der Waals surface area contributed by atoms with Crippen LogP contribution in [0, 0.1) is 11.8 Å². The molecular weight excluding hydrogens is 386 g/mol. The molecule has 7 heteroatoms. The quantitative estimate of drug-likeness (QED) is 0.433. The maximum absolute atomic E-state index is 12.6. The van der Waals surface area contributed by atoms with Gasteiger partial charge in [0.15, 0.2) is 11.5 Å². The molecule has 1 aliphatic carbocycles. The third kappa shape index (κ3) is 3.50. The molecule has 4 atom stereocenters. The van der Waals surface area contributed by atoms with Crippen LogP contribution in [0.1, 0.15) is 44.2 Å². The molecule has 7 nitrogen and oxygen atoms in total. The molecule has 3 aliphatic rings. The zero-order valence-corrected chi connectivity index (χ0v) is 17.6. The second kappa shape index (κ2) is 7.71. The van der Waals surface area contributed by atoms with Crippen molar-refractivity contribution in [3.8, 4) is 11.5 Å². The first-order valence-corrected chi connectivity index (χ1v) is 10.5. The van der Waals surface area contributed by atoms with Crippen molar-refractivity contribution in [2.45, 2.75) is 57.3 Å². The van der Waals surface area contributed by atoms with Crippen molar-refractivity contribution >= 4 is 11.9 Å². The lowest BCUT2D eigenvalue weighted by Gasteiger charge is -2.35. The molecule has 0 fully saturated rings. The van der Waals surface area contributed by atoms with Crippen molar-refractivity contribution in [3.05, 3.63) is 35.4 Å². The lowest BCUT2D eigenvalue weighted by molar-refractivity contribution is -0.148. The second-order valence-electron chi connectivity index (χ2n) is 9.09. The fourth-order valence-corrected chi connectivity index (χ4v) is 4.95. The molecule has 2 aliphatic heterocycles. The Morgan fingerprint density at radius 3 is 2.83 bits per heavy atom. The minimum absolute atomic E-state index is 0.179. The Bertz CT molecular complexity index is 894. The van der Waals surface area contributed by atoms with Crippen molar-refractivity contribution in [3.63, 3.8) is 0 Å². The summed E-state index contributed by atoms with van der Waals surface area (Å²) < 4.78 is 11.9. The molecular formula is C23H29NO6. The zero-order valence-electron chi connectivity index (χ0n) is 17.6. The van der Waals surface area contributed by atoms with E-state index in [1.54, 1.807) is 19.9 Å². The number of esters is 1. The van der Waals surface area contributed by atoms with E-state index >= 15 is 0 Å². The largest absolute Gasteiger partial charge is 0.485 e. The highest BCUT2D eigenvalue weighted by Crippen LogP contribution is 2.55. The average molecular weight is 415 g/mol. The van der Waals surface area contributed by atoms with Gasteiger partial charge in [0.1, 0.15) is 6.10 Å². The molecule has 0 unspecified atom stereocenters. The Kier molecular flexibility index (Phi) is 5.36. The van der Waals surface area contributed by atoms with Crippen LogP contribution in [0.5, 0.6) is 11.5 Å². The number of benzene rings is 1. The Morgan fingerprint density at radius 1 is 1.37 bits per heavy atom. The number of carboxylic acids is 1. The van der Waals surface area contributed by atoms with Gasteiger partial charge >= 0.3 is 11.9 Å². The number of carboxylic acid groups (broad SMARTS) is 1. The Hall–Kier alpha value is -2.38. The van der Waals surface area contributed by atoms with Crippen LogP contribution in [0.25, 0.3) is 0 Å². The molecule has 2 heterocycles. The Balaban J connectivity index is 1.68. The standard InChI is InChI=1S/C23H29NO6/c1-13(2)16(22(27)28)11-19(26)29-17-5-4-14-12-24(3)9-8-23-7-6-15(25)10-18(23)30-21(17)20(14)23/h4-7,13,15-16,18,25H,8-12H2,1-3H3,(H,27,28)/t15-,16-,18-,23-/m0/s1. The number of aliphatic carboxylic acids is 1. The van der Waals surface area contributed by atoms with Crippen molar-refractivity contribution in [1.82, 2.24) is 4.90 Å². The summed E-state index contributed by atoms with van der Waals surface area (Å²) in [6.07, 6.45) is 4.25. The molecule has 30 heavy (non-hydrogen) atoms. The summed E-state index contributed by atoms with van der Waals surface area (Å²) in [5.41, 5.74) is 1.81. The number of carbonyl (C=O) groups excluding carboxylic acids is 1. The van der Waals surface area contributed by atoms with Crippen molar-refractivity contribution < 1.29 is 29.3 Å². The number of rotatable bonds is 5. The van der Waals surface area contributed by atoms with Crippen LogP contribution in [0.4, 0.5) is 0 Å². The first-order valence-electron chi connectivity index (χ1n) is 10.5. The van der Waals surface area contributed by atoms with Gasteiger partial charge in [-0.25, -0.2) is 0 Å². The Morgan fingerprint density at radius 2 is 2.13 bits per heavy atom. The summed E-state index contributed by atoms with van der Waals surface area (Å²) >= 11 is 0. The lowest BCUT2D eigenvalue weighted by Crippen LogP contribution is -2.42. The molecule has 0 saturated heterocycles. The van der Waals surface area contributed by atoms with E-state index in [9.17, 15) is 19.8 Å². The number of ether oxygens (including phenoxy) is 2. The lowest BCUT2D eigenvalue weighted by atomic mass is 9.69. The summed E-state index contributed by atoms with van der Waals surface area (Å²) in [5, 5.41) is 19.5. The number of aliphatic hydroxyl groups excluding tert-OH is 1. The van der Waals surface area contributed by atoms with E-state index in [0.717, 1.165) is 30.6 Å². The van der Waals surface area contributed by atoms with Gasteiger partial charge in [0.25, 0.3) is 0 Å². The minimum Gasteiger partial charge on any atom is -0.485 e. The number of carbonyl (C=O) groups is 2. The molecule has 0 bridgehead atoms. The monoisotopic (exact) mass is 415 g/mol. The zero-order chi connectivity index (χ0) is 21.6. The predicted molar refractivity (Wildman–Crippen MR) is 109 cm³/mol. The molecule has 1 aromatic rings. The van der Waals surface area contributed by atoms with Gasteiger partial charge in [-0.3, -0.25) is 9.59 Å². The predicted octanol–water partition coefficient (Wildman–Crippen LogP) is 2.49. The van der Waals surface area contributed by atoms with Gasteiger partial charge in [0.05, 0.1) is 23.9 Å². The fraction of sp³-hybridized carbons (Fsp3) is 0.565. The summed E-state index contributed by atoms with van der Waals surface area (Å²) in [6, 6.07) is 3.70. The van der Waals surface area contributed by atoms with Crippen LogP contribution < -0.4 is 9.47 Å².